The fourth-order valence-corrected chi connectivity index (χ4v) is 2.61. The van der Waals surface area contributed by atoms with E-state index in [0.29, 0.717) is 6.42 Å². The number of carbonyl (C=O) groups excluding carboxylic acids is 1. The second kappa shape index (κ2) is 5.60. The van der Waals surface area contributed by atoms with Gasteiger partial charge in [-0.25, -0.2) is 0 Å². The third-order valence-electron chi connectivity index (χ3n) is 3.78. The van der Waals surface area contributed by atoms with E-state index in [1.54, 1.807) is 0 Å². The number of amides is 1. The van der Waals surface area contributed by atoms with E-state index in [1.807, 2.05) is 32.9 Å². The lowest BCUT2D eigenvalue weighted by Gasteiger charge is -2.24. The summed E-state index contributed by atoms with van der Waals surface area (Å²) in [5.41, 5.74) is 3.05. The van der Waals surface area contributed by atoms with Crippen LogP contribution in [-0.2, 0) is 11.2 Å². The first-order valence-corrected chi connectivity index (χ1v) is 7.69. The van der Waals surface area contributed by atoms with E-state index >= 15 is 0 Å². The molecule has 1 heterocycles. The number of halogens is 1. The van der Waals surface area contributed by atoms with Crippen LogP contribution in [0.15, 0.2) is 22.7 Å². The van der Waals surface area contributed by atoms with Gasteiger partial charge in [0.1, 0.15) is 0 Å². The second-order valence-electron chi connectivity index (χ2n) is 5.88. The van der Waals surface area contributed by atoms with E-state index in [-0.39, 0.29) is 11.4 Å². The van der Waals surface area contributed by atoms with Gasteiger partial charge in [0, 0.05) is 26.6 Å². The number of benzene rings is 1. The predicted molar refractivity (Wildman–Crippen MR) is 87.0 cm³/mol. The van der Waals surface area contributed by atoms with Crippen LogP contribution in [0.2, 0.25) is 0 Å². The van der Waals surface area contributed by atoms with Crippen molar-refractivity contribution in [2.45, 2.75) is 46.1 Å². The van der Waals surface area contributed by atoms with Gasteiger partial charge in [-0.3, -0.25) is 4.79 Å². The average Bonchev–Trinajstić information content (AvgIpc) is 2.65. The van der Waals surface area contributed by atoms with Crippen LogP contribution in [-0.4, -0.2) is 16.4 Å². The van der Waals surface area contributed by atoms with Crippen molar-refractivity contribution in [1.82, 2.24) is 10.3 Å². The molecule has 3 nitrogen and oxygen atoms in total. The first kappa shape index (κ1) is 15.1. The lowest BCUT2D eigenvalue weighted by atomic mass is 10.0. The van der Waals surface area contributed by atoms with Crippen LogP contribution in [0, 0.1) is 6.92 Å². The fourth-order valence-electron chi connectivity index (χ4n) is 2.25. The van der Waals surface area contributed by atoms with Crippen LogP contribution in [0.5, 0.6) is 0 Å². The number of hydrogen-bond donors (Lipinski definition) is 2. The van der Waals surface area contributed by atoms with Gasteiger partial charge >= 0.3 is 0 Å². The molecule has 0 aliphatic carbocycles. The maximum Gasteiger partial charge on any atom is 0.224 e. The summed E-state index contributed by atoms with van der Waals surface area (Å²) in [6.07, 6.45) is 1.32. The standard InChI is InChI=1S/C16H21BrN2O/c1-5-16(3,4)19-15(20)9-12-10(2)18-14-7-6-11(17)8-13(12)14/h6-8,18H,5,9H2,1-4H3,(H,19,20). The summed E-state index contributed by atoms with van der Waals surface area (Å²) in [7, 11) is 0. The van der Waals surface area contributed by atoms with Crippen LogP contribution in [0.1, 0.15) is 38.4 Å². The van der Waals surface area contributed by atoms with Crippen LogP contribution in [0.4, 0.5) is 0 Å². The summed E-state index contributed by atoms with van der Waals surface area (Å²) in [6, 6.07) is 6.10. The number of aryl methyl sites for hydroxylation is 1. The summed E-state index contributed by atoms with van der Waals surface area (Å²) in [4.78, 5) is 15.6. The van der Waals surface area contributed by atoms with Gasteiger partial charge in [-0.05, 0) is 51.0 Å². The zero-order chi connectivity index (χ0) is 14.9. The molecule has 2 N–H and O–H groups in total. The molecule has 0 saturated heterocycles. The Hall–Kier alpha value is -1.29. The van der Waals surface area contributed by atoms with Crippen LogP contribution >= 0.6 is 15.9 Å². The molecule has 0 spiro atoms. The van der Waals surface area contributed by atoms with E-state index in [0.717, 1.165) is 33.1 Å². The minimum atomic E-state index is -0.155. The molecule has 1 aromatic heterocycles. The minimum Gasteiger partial charge on any atom is -0.358 e. The van der Waals surface area contributed by atoms with E-state index in [2.05, 4.69) is 39.2 Å². The lowest BCUT2D eigenvalue weighted by Crippen LogP contribution is -2.43. The zero-order valence-electron chi connectivity index (χ0n) is 12.4. The van der Waals surface area contributed by atoms with Gasteiger partial charge in [0.2, 0.25) is 5.91 Å². The molecule has 0 aliphatic heterocycles. The largest absolute Gasteiger partial charge is 0.358 e. The van der Waals surface area contributed by atoms with Crippen LogP contribution < -0.4 is 5.32 Å². The van der Waals surface area contributed by atoms with Crippen molar-refractivity contribution in [2.75, 3.05) is 0 Å². The summed E-state index contributed by atoms with van der Waals surface area (Å²) < 4.78 is 1.03. The monoisotopic (exact) mass is 336 g/mol. The molecular formula is C16H21BrN2O. The first-order valence-electron chi connectivity index (χ1n) is 6.90. The van der Waals surface area contributed by atoms with Gasteiger partial charge in [0.15, 0.2) is 0 Å². The van der Waals surface area contributed by atoms with Crippen molar-refractivity contribution in [2.24, 2.45) is 0 Å². The summed E-state index contributed by atoms with van der Waals surface area (Å²) in [5, 5.41) is 4.20. The Morgan fingerprint density at radius 1 is 1.40 bits per heavy atom. The number of H-pyrrole nitrogens is 1. The van der Waals surface area contributed by atoms with Crippen molar-refractivity contribution >= 4 is 32.7 Å². The Morgan fingerprint density at radius 3 is 2.75 bits per heavy atom. The molecule has 1 amide bonds. The number of nitrogens with one attached hydrogen (secondary N) is 2. The van der Waals surface area contributed by atoms with Gasteiger partial charge < -0.3 is 10.3 Å². The highest BCUT2D eigenvalue weighted by atomic mass is 79.9. The van der Waals surface area contributed by atoms with E-state index in [1.165, 1.54) is 0 Å². The Bertz CT molecular complexity index is 643. The van der Waals surface area contributed by atoms with Crippen LogP contribution in [0.25, 0.3) is 10.9 Å². The first-order chi connectivity index (χ1) is 9.32. The number of carbonyl (C=O) groups is 1. The highest BCUT2D eigenvalue weighted by molar-refractivity contribution is 9.10. The lowest BCUT2D eigenvalue weighted by molar-refractivity contribution is -0.122. The normalized spacial score (nSPS) is 11.8. The number of rotatable bonds is 4. The Morgan fingerprint density at radius 2 is 2.10 bits per heavy atom. The maximum absolute atomic E-state index is 12.2. The van der Waals surface area contributed by atoms with Gasteiger partial charge in [-0.15, -0.1) is 0 Å². The third-order valence-corrected chi connectivity index (χ3v) is 4.27. The average molecular weight is 337 g/mol. The van der Waals surface area contributed by atoms with Crippen molar-refractivity contribution in [3.63, 3.8) is 0 Å². The SMILES string of the molecule is CCC(C)(C)NC(=O)Cc1c(C)[nH]c2ccc(Br)cc12. The molecule has 108 valence electrons. The smallest absolute Gasteiger partial charge is 0.224 e. The third kappa shape index (κ3) is 3.23. The molecule has 0 atom stereocenters. The number of aromatic amines is 1. The molecule has 4 heteroatoms. The molecule has 2 aromatic rings. The molecule has 0 fully saturated rings. The molecule has 0 saturated carbocycles. The number of hydrogen-bond acceptors (Lipinski definition) is 1. The van der Waals surface area contributed by atoms with Gasteiger partial charge in [-0.2, -0.15) is 0 Å². The molecule has 1 aromatic carbocycles. The second-order valence-corrected chi connectivity index (χ2v) is 6.80. The van der Waals surface area contributed by atoms with Crippen molar-refractivity contribution in [3.05, 3.63) is 33.9 Å². The minimum absolute atomic E-state index is 0.0702. The fraction of sp³-hybridized carbons (Fsp3) is 0.438. The molecule has 2 rings (SSSR count). The molecule has 0 bridgehead atoms. The topological polar surface area (TPSA) is 44.9 Å². The molecule has 20 heavy (non-hydrogen) atoms. The van der Waals surface area contributed by atoms with Gasteiger partial charge in [0.05, 0.1) is 6.42 Å². The summed E-state index contributed by atoms with van der Waals surface area (Å²) >= 11 is 3.49. The van der Waals surface area contributed by atoms with Gasteiger partial charge in [0.25, 0.3) is 0 Å². The van der Waals surface area contributed by atoms with E-state index in [9.17, 15) is 4.79 Å². The quantitative estimate of drug-likeness (QED) is 0.867. The molecular weight excluding hydrogens is 316 g/mol. The predicted octanol–water partition coefficient (Wildman–Crippen LogP) is 4.09. The van der Waals surface area contributed by atoms with Crippen molar-refractivity contribution < 1.29 is 4.79 Å². The highest BCUT2D eigenvalue weighted by Crippen LogP contribution is 2.26. The summed E-state index contributed by atoms with van der Waals surface area (Å²) in [5.74, 6) is 0.0702. The molecule has 0 radical (unpaired) electrons. The molecule has 0 aliphatic rings. The Kier molecular flexibility index (Phi) is 4.23. The Labute approximate surface area is 128 Å². The summed E-state index contributed by atoms with van der Waals surface area (Å²) in [6.45, 7) is 8.18. The van der Waals surface area contributed by atoms with E-state index < -0.39 is 0 Å². The van der Waals surface area contributed by atoms with Crippen LogP contribution in [0.3, 0.4) is 0 Å². The molecule has 0 unspecified atom stereocenters. The Balaban J connectivity index is 2.27. The highest BCUT2D eigenvalue weighted by Gasteiger charge is 2.19. The number of aromatic nitrogens is 1. The maximum atomic E-state index is 12.2. The van der Waals surface area contributed by atoms with E-state index in [4.69, 9.17) is 0 Å². The van der Waals surface area contributed by atoms with Gasteiger partial charge in [-0.1, -0.05) is 22.9 Å². The zero-order valence-corrected chi connectivity index (χ0v) is 14.0. The van der Waals surface area contributed by atoms with Crippen molar-refractivity contribution in [1.29, 1.82) is 0 Å². The number of fused-ring (bicyclic) bond motifs is 1. The van der Waals surface area contributed by atoms with Crippen molar-refractivity contribution in [3.8, 4) is 0 Å².